The predicted octanol–water partition coefficient (Wildman–Crippen LogP) is 4.27. The van der Waals surface area contributed by atoms with Gasteiger partial charge in [0.2, 0.25) is 0 Å². The lowest BCUT2D eigenvalue weighted by molar-refractivity contribution is 0.400. The van der Waals surface area contributed by atoms with Crippen LogP contribution in [0.1, 0.15) is 16.7 Å². The second kappa shape index (κ2) is 6.04. The second-order valence-electron chi connectivity index (χ2n) is 5.18. The lowest BCUT2D eigenvalue weighted by Gasteiger charge is -2.31. The van der Waals surface area contributed by atoms with Crippen LogP contribution < -0.4 is 10.5 Å². The van der Waals surface area contributed by atoms with Gasteiger partial charge in [-0.05, 0) is 17.2 Å². The highest BCUT2D eigenvalue weighted by atomic mass is 16.5. The Hall–Kier alpha value is -2.58. The molecule has 3 aromatic carbocycles. The van der Waals surface area contributed by atoms with E-state index in [4.69, 9.17) is 4.74 Å². The van der Waals surface area contributed by atoms with E-state index in [0.717, 1.165) is 22.4 Å². The monoisotopic (exact) mass is 288 g/mol. The topological polar surface area (TPSA) is 33.0 Å². The molecule has 109 valence electrons. The molecule has 2 heteroatoms. The number of hydrogen-bond acceptors (Lipinski definition) is 1. The molecular formula is C20H18NO. The van der Waals surface area contributed by atoms with E-state index in [9.17, 15) is 5.73 Å². The summed E-state index contributed by atoms with van der Waals surface area (Å²) in [5, 5.41) is 0. The summed E-state index contributed by atoms with van der Waals surface area (Å²) in [7, 11) is 1.65. The molecule has 0 aliphatic carbocycles. The van der Waals surface area contributed by atoms with E-state index in [1.165, 1.54) is 0 Å². The van der Waals surface area contributed by atoms with Crippen LogP contribution in [-0.2, 0) is 5.54 Å². The standard InChI is InChI=1S/C20H18NO/c1-22-19-15-9-8-14-18(19)20(21,16-10-4-2-5-11-16)17-12-6-3-7-13-17/h2-15,21H,1H3. The first-order valence-electron chi connectivity index (χ1n) is 7.26. The van der Waals surface area contributed by atoms with Gasteiger partial charge in [-0.15, -0.1) is 0 Å². The van der Waals surface area contributed by atoms with Crippen LogP contribution >= 0.6 is 0 Å². The van der Waals surface area contributed by atoms with Crippen molar-refractivity contribution >= 4 is 0 Å². The Labute approximate surface area is 131 Å². The van der Waals surface area contributed by atoms with Crippen LogP contribution in [0.2, 0.25) is 0 Å². The van der Waals surface area contributed by atoms with Gasteiger partial charge in [-0.1, -0.05) is 78.9 Å². The summed E-state index contributed by atoms with van der Waals surface area (Å²) >= 11 is 0. The highest BCUT2D eigenvalue weighted by Crippen LogP contribution is 2.40. The Morgan fingerprint density at radius 2 is 1.14 bits per heavy atom. The largest absolute Gasteiger partial charge is 0.496 e. The third kappa shape index (κ3) is 2.38. The molecule has 22 heavy (non-hydrogen) atoms. The summed E-state index contributed by atoms with van der Waals surface area (Å²) in [6.45, 7) is 0. The fourth-order valence-electron chi connectivity index (χ4n) is 2.81. The van der Waals surface area contributed by atoms with Crippen LogP contribution in [0.15, 0.2) is 84.9 Å². The first kappa shape index (κ1) is 14.4. The number of benzene rings is 3. The Balaban J connectivity index is 2.29. The lowest BCUT2D eigenvalue weighted by Crippen LogP contribution is -2.31. The fraction of sp³-hybridized carbons (Fsp3) is 0.100. The summed E-state index contributed by atoms with van der Waals surface area (Å²) < 4.78 is 5.51. The van der Waals surface area contributed by atoms with E-state index in [1.54, 1.807) is 7.11 Å². The van der Waals surface area contributed by atoms with Crippen molar-refractivity contribution in [3.05, 3.63) is 102 Å². The smallest absolute Gasteiger partial charge is 0.124 e. The van der Waals surface area contributed by atoms with E-state index in [0.29, 0.717) is 0 Å². The molecule has 0 aliphatic rings. The van der Waals surface area contributed by atoms with Gasteiger partial charge in [0.1, 0.15) is 11.3 Å². The molecule has 0 saturated carbocycles. The van der Waals surface area contributed by atoms with E-state index in [-0.39, 0.29) is 0 Å². The molecule has 0 heterocycles. The molecule has 3 rings (SSSR count). The van der Waals surface area contributed by atoms with Crippen molar-refractivity contribution in [3.63, 3.8) is 0 Å². The van der Waals surface area contributed by atoms with Crippen molar-refractivity contribution in [3.8, 4) is 5.75 Å². The van der Waals surface area contributed by atoms with Gasteiger partial charge in [0.05, 0.1) is 7.11 Å². The van der Waals surface area contributed by atoms with Crippen LogP contribution in [0.3, 0.4) is 0 Å². The maximum atomic E-state index is 9.31. The number of methoxy groups -OCH3 is 1. The summed E-state index contributed by atoms with van der Waals surface area (Å²) in [5.41, 5.74) is 11.0. The molecule has 0 unspecified atom stereocenters. The van der Waals surface area contributed by atoms with E-state index >= 15 is 0 Å². The fourth-order valence-corrected chi connectivity index (χ4v) is 2.81. The van der Waals surface area contributed by atoms with Gasteiger partial charge in [0.25, 0.3) is 0 Å². The van der Waals surface area contributed by atoms with E-state index < -0.39 is 5.54 Å². The average Bonchev–Trinajstić information content (AvgIpc) is 2.62. The molecule has 2 nitrogen and oxygen atoms in total. The second-order valence-corrected chi connectivity index (χ2v) is 5.18. The maximum absolute atomic E-state index is 9.31. The molecule has 1 N–H and O–H groups in total. The zero-order valence-corrected chi connectivity index (χ0v) is 12.5. The number of ether oxygens (including phenoxy) is 1. The van der Waals surface area contributed by atoms with Gasteiger partial charge >= 0.3 is 0 Å². The first-order valence-corrected chi connectivity index (χ1v) is 7.26. The zero-order valence-electron chi connectivity index (χ0n) is 12.5. The van der Waals surface area contributed by atoms with Crippen LogP contribution in [-0.4, -0.2) is 7.11 Å². The summed E-state index contributed by atoms with van der Waals surface area (Å²) in [5.74, 6) is 0.727. The van der Waals surface area contributed by atoms with Gasteiger partial charge in [-0.25, -0.2) is 5.73 Å². The van der Waals surface area contributed by atoms with Crippen molar-refractivity contribution in [2.24, 2.45) is 0 Å². The molecule has 0 saturated heterocycles. The SMILES string of the molecule is COc1ccccc1C([NH])(c1ccccc1)c1ccccc1. The molecular weight excluding hydrogens is 270 g/mol. The van der Waals surface area contributed by atoms with E-state index in [1.807, 2.05) is 84.9 Å². The van der Waals surface area contributed by atoms with Crippen molar-refractivity contribution in [1.29, 1.82) is 0 Å². The van der Waals surface area contributed by atoms with Crippen LogP contribution in [0.5, 0.6) is 5.75 Å². The maximum Gasteiger partial charge on any atom is 0.124 e. The number of nitrogens with one attached hydrogen (secondary N) is 1. The van der Waals surface area contributed by atoms with Crippen molar-refractivity contribution < 1.29 is 4.74 Å². The Morgan fingerprint density at radius 3 is 1.64 bits per heavy atom. The Morgan fingerprint density at radius 1 is 0.682 bits per heavy atom. The van der Waals surface area contributed by atoms with Gasteiger partial charge < -0.3 is 4.74 Å². The van der Waals surface area contributed by atoms with Crippen molar-refractivity contribution in [2.45, 2.75) is 5.54 Å². The minimum absolute atomic E-state index is 0.727. The van der Waals surface area contributed by atoms with Crippen LogP contribution in [0.4, 0.5) is 0 Å². The molecule has 0 amide bonds. The molecule has 0 fully saturated rings. The molecule has 3 aromatic rings. The van der Waals surface area contributed by atoms with Gasteiger partial charge in [-0.3, -0.25) is 0 Å². The highest BCUT2D eigenvalue weighted by molar-refractivity contribution is 5.53. The molecule has 0 atom stereocenters. The predicted molar refractivity (Wildman–Crippen MR) is 88.9 cm³/mol. The summed E-state index contributed by atoms with van der Waals surface area (Å²) in [4.78, 5) is 0. The molecule has 0 spiro atoms. The van der Waals surface area contributed by atoms with Crippen LogP contribution in [0, 0.1) is 0 Å². The van der Waals surface area contributed by atoms with Crippen molar-refractivity contribution in [2.75, 3.05) is 7.11 Å². The lowest BCUT2D eigenvalue weighted by atomic mass is 9.77. The Kier molecular flexibility index (Phi) is 3.94. The van der Waals surface area contributed by atoms with Gasteiger partial charge in [0, 0.05) is 5.56 Å². The molecule has 1 radical (unpaired) electrons. The van der Waals surface area contributed by atoms with E-state index in [2.05, 4.69) is 0 Å². The molecule has 0 aromatic heterocycles. The minimum atomic E-state index is -1.00. The summed E-state index contributed by atoms with van der Waals surface area (Å²) in [6, 6.07) is 27.5. The normalized spacial score (nSPS) is 11.2. The van der Waals surface area contributed by atoms with Gasteiger partial charge in [-0.2, -0.15) is 0 Å². The van der Waals surface area contributed by atoms with Crippen LogP contribution in [0.25, 0.3) is 0 Å². The molecule has 0 bridgehead atoms. The molecule has 0 aliphatic heterocycles. The quantitative estimate of drug-likeness (QED) is 0.660. The number of rotatable bonds is 4. The number of para-hydroxylation sites is 1. The van der Waals surface area contributed by atoms with Crippen molar-refractivity contribution in [1.82, 2.24) is 5.73 Å². The third-order valence-corrected chi connectivity index (χ3v) is 3.92. The number of hydrogen-bond donors (Lipinski definition) is 0. The Bertz CT molecular complexity index is 698. The minimum Gasteiger partial charge on any atom is -0.496 e. The van der Waals surface area contributed by atoms with Gasteiger partial charge in [0.15, 0.2) is 0 Å². The summed E-state index contributed by atoms with van der Waals surface area (Å²) in [6.07, 6.45) is 0. The zero-order chi connectivity index (χ0) is 15.4. The average molecular weight is 288 g/mol. The first-order chi connectivity index (χ1) is 10.8. The highest BCUT2D eigenvalue weighted by Gasteiger charge is 2.35. The third-order valence-electron chi connectivity index (χ3n) is 3.92.